The monoisotopic (exact) mass is 362 g/mol. The lowest BCUT2D eigenvalue weighted by atomic mass is 10.1. The van der Waals surface area contributed by atoms with Crippen LogP contribution in [0.4, 0.5) is 0 Å². The van der Waals surface area contributed by atoms with Crippen molar-refractivity contribution in [3.05, 3.63) is 83.9 Å². The molecule has 0 saturated heterocycles. The van der Waals surface area contributed by atoms with Gasteiger partial charge < -0.3 is 15.2 Å². The number of amides is 2. The Kier molecular flexibility index (Phi) is 5.66. The Labute approximate surface area is 158 Å². The van der Waals surface area contributed by atoms with E-state index in [4.69, 9.17) is 0 Å². The number of aromatic nitrogens is 2. The number of nitrogens with one attached hydrogen (secondary N) is 2. The van der Waals surface area contributed by atoms with Crippen LogP contribution in [0.25, 0.3) is 5.69 Å². The molecule has 2 N–H and O–H groups in total. The third-order valence-corrected chi connectivity index (χ3v) is 4.30. The summed E-state index contributed by atoms with van der Waals surface area (Å²) in [6.45, 7) is 3.89. The van der Waals surface area contributed by atoms with Crippen LogP contribution < -0.4 is 10.6 Å². The molecule has 0 saturated carbocycles. The highest BCUT2D eigenvalue weighted by Gasteiger charge is 2.11. The van der Waals surface area contributed by atoms with Gasteiger partial charge in [-0.05, 0) is 42.3 Å². The summed E-state index contributed by atoms with van der Waals surface area (Å²) in [6, 6.07) is 15.1. The number of rotatable bonds is 6. The number of benzene rings is 2. The molecule has 6 heteroatoms. The summed E-state index contributed by atoms with van der Waals surface area (Å²) in [5.41, 5.74) is 3.58. The molecule has 0 fully saturated rings. The largest absolute Gasteiger partial charge is 0.352 e. The zero-order chi connectivity index (χ0) is 19.2. The Morgan fingerprint density at radius 2 is 1.78 bits per heavy atom. The maximum atomic E-state index is 12.5. The molecule has 0 bridgehead atoms. The molecule has 2 aromatic carbocycles. The Balaban J connectivity index is 1.60. The molecule has 138 valence electrons. The van der Waals surface area contributed by atoms with E-state index in [1.807, 2.05) is 54.1 Å². The molecule has 0 aliphatic heterocycles. The van der Waals surface area contributed by atoms with Gasteiger partial charge in [0.1, 0.15) is 0 Å². The van der Waals surface area contributed by atoms with Crippen molar-refractivity contribution in [3.8, 4) is 5.69 Å². The van der Waals surface area contributed by atoms with E-state index in [-0.39, 0.29) is 17.9 Å². The lowest BCUT2D eigenvalue weighted by Gasteiger charge is -2.15. The van der Waals surface area contributed by atoms with Crippen molar-refractivity contribution in [1.82, 2.24) is 20.2 Å². The summed E-state index contributed by atoms with van der Waals surface area (Å²) >= 11 is 0. The topological polar surface area (TPSA) is 76.0 Å². The predicted molar refractivity (Wildman–Crippen MR) is 103 cm³/mol. The van der Waals surface area contributed by atoms with Gasteiger partial charge in [0.15, 0.2) is 0 Å². The molecule has 0 aliphatic rings. The Hall–Kier alpha value is -3.41. The van der Waals surface area contributed by atoms with Crippen LogP contribution >= 0.6 is 0 Å². The number of imidazole rings is 1. The van der Waals surface area contributed by atoms with E-state index in [1.165, 1.54) is 6.92 Å². The van der Waals surface area contributed by atoms with Crippen LogP contribution in [0.5, 0.6) is 0 Å². The van der Waals surface area contributed by atoms with E-state index in [1.54, 1.807) is 24.7 Å². The van der Waals surface area contributed by atoms with Gasteiger partial charge in [-0.15, -0.1) is 0 Å². The standard InChI is InChI=1S/C21H22N4O2/c1-15(18-7-9-20(10-8-18)25-12-11-22-14-25)24-21(27)19-5-3-17(4-6-19)13-23-16(2)26/h3-12,14-15H,13H2,1-2H3,(H,23,26)(H,24,27)/t15-/m0/s1. The van der Waals surface area contributed by atoms with E-state index in [0.717, 1.165) is 16.8 Å². The van der Waals surface area contributed by atoms with Crippen molar-refractivity contribution in [2.45, 2.75) is 26.4 Å². The minimum atomic E-state index is -0.132. The molecule has 27 heavy (non-hydrogen) atoms. The molecule has 0 radical (unpaired) electrons. The number of carbonyl (C=O) groups excluding carboxylic acids is 2. The lowest BCUT2D eigenvalue weighted by Crippen LogP contribution is -2.26. The molecule has 3 aromatic rings. The molecule has 1 atom stereocenters. The number of nitrogens with zero attached hydrogens (tertiary/aromatic N) is 2. The van der Waals surface area contributed by atoms with Crippen LogP contribution in [0.15, 0.2) is 67.3 Å². The van der Waals surface area contributed by atoms with Crippen LogP contribution in [0.1, 0.15) is 41.4 Å². The molecular weight excluding hydrogens is 340 g/mol. The van der Waals surface area contributed by atoms with Crippen LogP contribution in [0, 0.1) is 0 Å². The van der Waals surface area contributed by atoms with Gasteiger partial charge in [0.05, 0.1) is 12.4 Å². The van der Waals surface area contributed by atoms with Crippen molar-refractivity contribution in [3.63, 3.8) is 0 Å². The van der Waals surface area contributed by atoms with Crippen molar-refractivity contribution in [2.24, 2.45) is 0 Å². The highest BCUT2D eigenvalue weighted by molar-refractivity contribution is 5.94. The summed E-state index contributed by atoms with van der Waals surface area (Å²) in [6.07, 6.45) is 5.36. The van der Waals surface area contributed by atoms with Crippen molar-refractivity contribution < 1.29 is 9.59 Å². The zero-order valence-corrected chi connectivity index (χ0v) is 15.3. The molecule has 0 aliphatic carbocycles. The maximum absolute atomic E-state index is 12.5. The van der Waals surface area contributed by atoms with Gasteiger partial charge in [0.25, 0.3) is 5.91 Å². The average molecular weight is 362 g/mol. The second-order valence-electron chi connectivity index (χ2n) is 6.36. The lowest BCUT2D eigenvalue weighted by molar-refractivity contribution is -0.119. The number of hydrogen-bond acceptors (Lipinski definition) is 3. The molecule has 3 rings (SSSR count). The molecule has 0 unspecified atom stereocenters. The minimum absolute atomic E-state index is 0.0790. The highest BCUT2D eigenvalue weighted by Crippen LogP contribution is 2.16. The van der Waals surface area contributed by atoms with Crippen molar-refractivity contribution in [1.29, 1.82) is 0 Å². The SMILES string of the molecule is CC(=O)NCc1ccc(C(=O)N[C@@H](C)c2ccc(-n3ccnc3)cc2)cc1. The molecule has 1 aromatic heterocycles. The second kappa shape index (κ2) is 8.31. The number of carbonyl (C=O) groups is 2. The van der Waals surface area contributed by atoms with Gasteiger partial charge >= 0.3 is 0 Å². The summed E-state index contributed by atoms with van der Waals surface area (Å²) < 4.78 is 1.93. The fourth-order valence-electron chi connectivity index (χ4n) is 2.71. The average Bonchev–Trinajstić information content (AvgIpc) is 3.21. The van der Waals surface area contributed by atoms with Gasteiger partial charge in [-0.1, -0.05) is 24.3 Å². The van der Waals surface area contributed by atoms with Crippen molar-refractivity contribution in [2.75, 3.05) is 0 Å². The van der Waals surface area contributed by atoms with Gasteiger partial charge in [-0.2, -0.15) is 0 Å². The third kappa shape index (κ3) is 4.82. The molecule has 1 heterocycles. The van der Waals surface area contributed by atoms with E-state index < -0.39 is 0 Å². The number of hydrogen-bond donors (Lipinski definition) is 2. The van der Waals surface area contributed by atoms with E-state index in [9.17, 15) is 9.59 Å². The van der Waals surface area contributed by atoms with Gasteiger partial charge in [0.2, 0.25) is 5.91 Å². The quantitative estimate of drug-likeness (QED) is 0.708. The Morgan fingerprint density at radius 1 is 1.07 bits per heavy atom. The van der Waals surface area contributed by atoms with E-state index in [0.29, 0.717) is 12.1 Å². The first-order valence-electron chi connectivity index (χ1n) is 8.75. The van der Waals surface area contributed by atoms with Crippen LogP contribution in [0.2, 0.25) is 0 Å². The summed E-state index contributed by atoms with van der Waals surface area (Å²) in [7, 11) is 0. The van der Waals surface area contributed by atoms with E-state index >= 15 is 0 Å². The fourth-order valence-corrected chi connectivity index (χ4v) is 2.71. The summed E-state index contributed by atoms with van der Waals surface area (Å²) in [4.78, 5) is 27.5. The molecule has 0 spiro atoms. The van der Waals surface area contributed by atoms with Gasteiger partial charge in [0, 0.05) is 37.1 Å². The Bertz CT molecular complexity index is 900. The first kappa shape index (κ1) is 18.4. The molecular formula is C21H22N4O2. The maximum Gasteiger partial charge on any atom is 0.251 e. The van der Waals surface area contributed by atoms with Crippen molar-refractivity contribution >= 4 is 11.8 Å². The summed E-state index contributed by atoms with van der Waals surface area (Å²) in [5.74, 6) is -0.211. The molecule has 6 nitrogen and oxygen atoms in total. The first-order valence-corrected chi connectivity index (χ1v) is 8.75. The van der Waals surface area contributed by atoms with Crippen LogP contribution in [-0.4, -0.2) is 21.4 Å². The zero-order valence-electron chi connectivity index (χ0n) is 15.3. The smallest absolute Gasteiger partial charge is 0.251 e. The van der Waals surface area contributed by atoms with Crippen LogP contribution in [-0.2, 0) is 11.3 Å². The van der Waals surface area contributed by atoms with Gasteiger partial charge in [-0.25, -0.2) is 4.98 Å². The first-order chi connectivity index (χ1) is 13.0. The molecule has 2 amide bonds. The highest BCUT2D eigenvalue weighted by atomic mass is 16.2. The minimum Gasteiger partial charge on any atom is -0.352 e. The normalized spacial score (nSPS) is 11.6. The fraction of sp³-hybridized carbons (Fsp3) is 0.190. The third-order valence-electron chi connectivity index (χ3n) is 4.30. The second-order valence-corrected chi connectivity index (χ2v) is 6.36. The Morgan fingerprint density at radius 3 is 2.37 bits per heavy atom. The predicted octanol–water partition coefficient (Wildman–Crippen LogP) is 3.00. The summed E-state index contributed by atoms with van der Waals surface area (Å²) in [5, 5.41) is 5.74. The van der Waals surface area contributed by atoms with Crippen LogP contribution in [0.3, 0.4) is 0 Å². The van der Waals surface area contributed by atoms with Gasteiger partial charge in [-0.3, -0.25) is 9.59 Å². The van der Waals surface area contributed by atoms with E-state index in [2.05, 4.69) is 15.6 Å².